The van der Waals surface area contributed by atoms with Crippen molar-refractivity contribution in [1.82, 2.24) is 10.2 Å². The molecule has 0 bridgehead atoms. The average molecular weight is 334 g/mol. The summed E-state index contributed by atoms with van der Waals surface area (Å²) in [5.41, 5.74) is 2.07. The topological polar surface area (TPSA) is 44.4 Å². The summed E-state index contributed by atoms with van der Waals surface area (Å²) in [6.07, 6.45) is 0.948. The van der Waals surface area contributed by atoms with Crippen molar-refractivity contribution in [3.05, 3.63) is 29.8 Å². The molecule has 4 nitrogen and oxygen atoms in total. The summed E-state index contributed by atoms with van der Waals surface area (Å²) in [7, 11) is 0. The molecule has 0 aromatic heterocycles. The van der Waals surface area contributed by atoms with E-state index in [1.165, 1.54) is 5.56 Å². The van der Waals surface area contributed by atoms with E-state index in [9.17, 15) is 4.79 Å². The molecule has 1 amide bonds. The van der Waals surface area contributed by atoms with Crippen molar-refractivity contribution in [2.45, 2.75) is 58.5 Å². The lowest BCUT2D eigenvalue weighted by Gasteiger charge is -2.44. The predicted molar refractivity (Wildman–Crippen MR) is 99.8 cm³/mol. The van der Waals surface area contributed by atoms with Gasteiger partial charge in [0, 0.05) is 17.3 Å². The number of hydrogen-bond acceptors (Lipinski definition) is 2. The normalized spacial score (nSPS) is 20.3. The van der Waals surface area contributed by atoms with Gasteiger partial charge in [-0.05, 0) is 63.0 Å². The first-order valence-corrected chi connectivity index (χ1v) is 8.57. The van der Waals surface area contributed by atoms with Gasteiger partial charge in [0.25, 0.3) is 0 Å². The lowest BCUT2D eigenvalue weighted by Crippen LogP contribution is -2.61. The number of carbonyl (C=O) groups is 1. The van der Waals surface area contributed by atoms with Crippen molar-refractivity contribution < 1.29 is 4.79 Å². The van der Waals surface area contributed by atoms with Crippen molar-refractivity contribution in [2.75, 3.05) is 11.9 Å². The third kappa shape index (κ3) is 4.67. The van der Waals surface area contributed by atoms with Crippen LogP contribution in [0.25, 0.3) is 0 Å². The molecule has 0 spiro atoms. The van der Waals surface area contributed by atoms with Crippen LogP contribution in [-0.2, 0) is 4.79 Å². The van der Waals surface area contributed by atoms with Crippen LogP contribution in [0, 0.1) is 0 Å². The van der Waals surface area contributed by atoms with E-state index in [0.717, 1.165) is 12.1 Å². The Bertz CT molecular complexity index is 580. The first kappa shape index (κ1) is 17.7. The van der Waals surface area contributed by atoms with E-state index >= 15 is 0 Å². The van der Waals surface area contributed by atoms with Gasteiger partial charge in [0.15, 0.2) is 5.11 Å². The summed E-state index contributed by atoms with van der Waals surface area (Å²) < 4.78 is 0. The number of nitrogens with one attached hydrogen (secondary N) is 2. The van der Waals surface area contributed by atoms with Gasteiger partial charge in [-0.1, -0.05) is 26.0 Å². The zero-order chi connectivity index (χ0) is 17.2. The molecular weight excluding hydrogens is 306 g/mol. The molecule has 2 rings (SSSR count). The average Bonchev–Trinajstić information content (AvgIpc) is 2.42. The minimum atomic E-state index is -0.0435. The summed E-state index contributed by atoms with van der Waals surface area (Å²) in [5.74, 6) is 0.443. The Kier molecular flexibility index (Phi) is 5.30. The summed E-state index contributed by atoms with van der Waals surface area (Å²) in [5, 5.41) is 6.90. The highest BCUT2D eigenvalue weighted by Crippen LogP contribution is 2.22. The maximum absolute atomic E-state index is 12.3. The van der Waals surface area contributed by atoms with Crippen LogP contribution in [0.3, 0.4) is 0 Å². The highest BCUT2D eigenvalue weighted by atomic mass is 32.1. The second kappa shape index (κ2) is 6.87. The second-order valence-electron chi connectivity index (χ2n) is 7.32. The van der Waals surface area contributed by atoms with Crippen LogP contribution < -0.4 is 10.6 Å². The molecule has 1 fully saturated rings. The second-order valence-corrected chi connectivity index (χ2v) is 7.71. The first-order valence-electron chi connectivity index (χ1n) is 8.16. The molecule has 1 saturated heterocycles. The lowest BCUT2D eigenvalue weighted by atomic mass is 9.93. The number of carbonyl (C=O) groups excluding carboxylic acids is 1. The van der Waals surface area contributed by atoms with Gasteiger partial charge in [0.05, 0.1) is 6.54 Å². The van der Waals surface area contributed by atoms with Crippen molar-refractivity contribution in [3.63, 3.8) is 0 Å². The van der Waals surface area contributed by atoms with Crippen LogP contribution in [0.2, 0.25) is 0 Å². The largest absolute Gasteiger partial charge is 0.358 e. The maximum atomic E-state index is 12.3. The van der Waals surface area contributed by atoms with E-state index < -0.39 is 0 Å². The molecule has 0 radical (unpaired) electrons. The third-order valence-electron chi connectivity index (χ3n) is 4.22. The molecule has 1 aliphatic heterocycles. The van der Waals surface area contributed by atoms with Gasteiger partial charge in [-0.2, -0.15) is 0 Å². The van der Waals surface area contributed by atoms with E-state index in [4.69, 9.17) is 12.2 Å². The SMILES string of the molecule is CC(C)c1ccc(NC(=O)CN2C(=S)NC(C)(C)C[C@@H]2C)cc1. The van der Waals surface area contributed by atoms with Crippen molar-refractivity contribution in [1.29, 1.82) is 0 Å². The van der Waals surface area contributed by atoms with Crippen LogP contribution in [0.1, 0.15) is 52.5 Å². The monoisotopic (exact) mass is 333 g/mol. The van der Waals surface area contributed by atoms with Crippen molar-refractivity contribution >= 4 is 28.9 Å². The highest BCUT2D eigenvalue weighted by molar-refractivity contribution is 7.80. The molecule has 1 aliphatic rings. The smallest absolute Gasteiger partial charge is 0.243 e. The van der Waals surface area contributed by atoms with E-state index in [2.05, 4.69) is 57.4 Å². The van der Waals surface area contributed by atoms with Crippen molar-refractivity contribution in [2.24, 2.45) is 0 Å². The van der Waals surface area contributed by atoms with Gasteiger partial charge < -0.3 is 15.5 Å². The molecule has 1 aromatic carbocycles. The predicted octanol–water partition coefficient (Wildman–Crippen LogP) is 3.50. The number of rotatable bonds is 4. The van der Waals surface area contributed by atoms with Gasteiger partial charge in [-0.15, -0.1) is 0 Å². The Hall–Kier alpha value is -1.62. The summed E-state index contributed by atoms with van der Waals surface area (Å²) >= 11 is 5.42. The lowest BCUT2D eigenvalue weighted by molar-refractivity contribution is -0.117. The zero-order valence-corrected chi connectivity index (χ0v) is 15.5. The number of nitrogens with zero attached hydrogens (tertiary/aromatic N) is 1. The van der Waals surface area contributed by atoms with Gasteiger partial charge in [-0.3, -0.25) is 4.79 Å². The Morgan fingerprint density at radius 3 is 2.52 bits per heavy atom. The molecule has 126 valence electrons. The van der Waals surface area contributed by atoms with Crippen LogP contribution in [0.5, 0.6) is 0 Å². The minimum absolute atomic E-state index is 0.0177. The number of benzene rings is 1. The number of amides is 1. The Morgan fingerprint density at radius 2 is 2.00 bits per heavy atom. The van der Waals surface area contributed by atoms with Crippen molar-refractivity contribution in [3.8, 4) is 0 Å². The van der Waals surface area contributed by atoms with E-state index in [0.29, 0.717) is 11.0 Å². The molecule has 0 aliphatic carbocycles. The molecular formula is C18H27N3OS. The molecule has 0 unspecified atom stereocenters. The quantitative estimate of drug-likeness (QED) is 0.828. The van der Waals surface area contributed by atoms with Crippen LogP contribution in [0.15, 0.2) is 24.3 Å². The number of hydrogen-bond donors (Lipinski definition) is 2. The Balaban J connectivity index is 1.95. The zero-order valence-electron chi connectivity index (χ0n) is 14.6. The summed E-state index contributed by atoms with van der Waals surface area (Å²) in [4.78, 5) is 14.3. The molecule has 23 heavy (non-hydrogen) atoms. The molecule has 1 aromatic rings. The number of thiocarbonyl (C=S) groups is 1. The Labute approximate surface area is 144 Å². The van der Waals surface area contributed by atoms with Crippen LogP contribution >= 0.6 is 12.2 Å². The standard InChI is InChI=1S/C18H27N3OS/c1-12(2)14-6-8-15(9-7-14)19-16(22)11-21-13(3)10-18(4,5)20-17(21)23/h6-9,12-13H,10-11H2,1-5H3,(H,19,22)(H,20,23)/t13-/m0/s1. The van der Waals surface area contributed by atoms with E-state index in [1.807, 2.05) is 17.0 Å². The highest BCUT2D eigenvalue weighted by Gasteiger charge is 2.33. The Morgan fingerprint density at radius 1 is 1.39 bits per heavy atom. The van der Waals surface area contributed by atoms with Crippen LogP contribution in [0.4, 0.5) is 5.69 Å². The first-order chi connectivity index (χ1) is 10.7. The summed E-state index contributed by atoms with van der Waals surface area (Å²) in [6, 6.07) is 8.25. The fourth-order valence-electron chi connectivity index (χ4n) is 3.00. The molecule has 5 heteroatoms. The van der Waals surface area contributed by atoms with Crippen LogP contribution in [-0.4, -0.2) is 34.0 Å². The molecule has 2 N–H and O–H groups in total. The van der Waals surface area contributed by atoms with E-state index in [1.54, 1.807) is 0 Å². The van der Waals surface area contributed by atoms with Gasteiger partial charge in [0.2, 0.25) is 5.91 Å². The fraction of sp³-hybridized carbons (Fsp3) is 0.556. The molecule has 0 saturated carbocycles. The fourth-order valence-corrected chi connectivity index (χ4v) is 3.52. The third-order valence-corrected chi connectivity index (χ3v) is 4.56. The number of anilines is 1. The van der Waals surface area contributed by atoms with E-state index in [-0.39, 0.29) is 24.0 Å². The summed E-state index contributed by atoms with van der Waals surface area (Å²) in [6.45, 7) is 10.9. The van der Waals surface area contributed by atoms with Gasteiger partial charge in [-0.25, -0.2) is 0 Å². The molecule has 1 heterocycles. The molecule has 1 atom stereocenters. The maximum Gasteiger partial charge on any atom is 0.243 e. The van der Waals surface area contributed by atoms with Gasteiger partial charge in [0.1, 0.15) is 0 Å². The van der Waals surface area contributed by atoms with Gasteiger partial charge >= 0.3 is 0 Å². The minimum Gasteiger partial charge on any atom is -0.358 e.